The minimum atomic E-state index is -0.0636. The van der Waals surface area contributed by atoms with Crippen LogP contribution >= 0.6 is 0 Å². The van der Waals surface area contributed by atoms with Crippen molar-refractivity contribution in [1.29, 1.82) is 0 Å². The molecule has 0 atom stereocenters. The van der Waals surface area contributed by atoms with Crippen LogP contribution < -0.4 is 5.32 Å². The van der Waals surface area contributed by atoms with Crippen molar-refractivity contribution in [3.05, 3.63) is 29.7 Å². The molecule has 0 unspecified atom stereocenters. The number of carbonyl (C=O) groups excluding carboxylic acids is 2. The van der Waals surface area contributed by atoms with Crippen molar-refractivity contribution in [1.82, 2.24) is 25.0 Å². The number of benzene rings is 1. The van der Waals surface area contributed by atoms with Crippen molar-refractivity contribution < 1.29 is 18.7 Å². The molecule has 2 heterocycles. The molecule has 0 aliphatic carbocycles. The first-order chi connectivity index (χ1) is 13.5. The fraction of sp³-hybridized carbons (Fsp3) is 0.526. The van der Waals surface area contributed by atoms with Crippen LogP contribution in [0.4, 0.5) is 4.79 Å². The number of hydrogen-bond acceptors (Lipinski definition) is 6. The lowest BCUT2D eigenvalue weighted by molar-refractivity contribution is 0.0827. The number of nitrogens with zero attached hydrogens (tertiary/aromatic N) is 4. The van der Waals surface area contributed by atoms with Crippen LogP contribution in [0.3, 0.4) is 0 Å². The third-order valence-corrected chi connectivity index (χ3v) is 4.69. The second-order valence-corrected chi connectivity index (χ2v) is 6.98. The van der Waals surface area contributed by atoms with E-state index < -0.39 is 0 Å². The lowest BCUT2D eigenvalue weighted by Crippen LogP contribution is -2.51. The number of piperazine rings is 1. The van der Waals surface area contributed by atoms with Crippen LogP contribution in [0.2, 0.25) is 0 Å². The molecule has 9 heteroatoms. The first-order valence-electron chi connectivity index (χ1n) is 9.33. The second kappa shape index (κ2) is 9.03. The van der Waals surface area contributed by atoms with Crippen LogP contribution in [0.25, 0.3) is 11.1 Å². The van der Waals surface area contributed by atoms with Gasteiger partial charge in [0, 0.05) is 59.5 Å². The lowest BCUT2D eigenvalue weighted by Gasteiger charge is -2.33. The number of fused-ring (bicyclic) bond motifs is 1. The van der Waals surface area contributed by atoms with Gasteiger partial charge in [-0.15, -0.1) is 0 Å². The molecule has 0 spiro atoms. The summed E-state index contributed by atoms with van der Waals surface area (Å²) in [5.74, 6) is 0.550. The molecule has 0 bridgehead atoms. The van der Waals surface area contributed by atoms with Gasteiger partial charge in [-0.2, -0.15) is 0 Å². The number of rotatable bonds is 6. The minimum absolute atomic E-state index is 0.0587. The fourth-order valence-electron chi connectivity index (χ4n) is 3.11. The predicted octanol–water partition coefficient (Wildman–Crippen LogP) is 1.00. The van der Waals surface area contributed by atoms with Crippen molar-refractivity contribution in [2.75, 3.05) is 60.5 Å². The molecule has 28 heavy (non-hydrogen) atoms. The SMILES string of the molecule is COCCNC(=O)N1CCN(Cc2nc3cc(C(=O)N(C)C)ccc3o2)CC1. The summed E-state index contributed by atoms with van der Waals surface area (Å²) in [6, 6.07) is 5.23. The number of amides is 3. The molecule has 1 aliphatic rings. The Kier molecular flexibility index (Phi) is 6.48. The molecule has 3 rings (SSSR count). The van der Waals surface area contributed by atoms with Crippen LogP contribution in [-0.4, -0.2) is 92.2 Å². The summed E-state index contributed by atoms with van der Waals surface area (Å²) in [5, 5.41) is 2.84. The van der Waals surface area contributed by atoms with E-state index in [2.05, 4.69) is 15.2 Å². The van der Waals surface area contributed by atoms with Gasteiger partial charge >= 0.3 is 6.03 Å². The molecule has 2 aromatic rings. The van der Waals surface area contributed by atoms with E-state index in [1.54, 1.807) is 44.3 Å². The third-order valence-electron chi connectivity index (χ3n) is 4.69. The van der Waals surface area contributed by atoms with Gasteiger partial charge in [0.05, 0.1) is 13.2 Å². The van der Waals surface area contributed by atoms with Crippen molar-refractivity contribution in [3.63, 3.8) is 0 Å². The Morgan fingerprint density at radius 3 is 2.68 bits per heavy atom. The Morgan fingerprint density at radius 1 is 1.25 bits per heavy atom. The zero-order valence-electron chi connectivity index (χ0n) is 16.6. The van der Waals surface area contributed by atoms with Crippen molar-refractivity contribution >= 4 is 23.0 Å². The predicted molar refractivity (Wildman–Crippen MR) is 104 cm³/mol. The standard InChI is InChI=1S/C19H27N5O4/c1-22(2)18(25)14-4-5-16-15(12-14)21-17(28-16)13-23-7-9-24(10-8-23)19(26)20-6-11-27-3/h4-5,12H,6-11,13H2,1-3H3,(H,20,26). The summed E-state index contributed by atoms with van der Waals surface area (Å²) in [5.41, 5.74) is 1.94. The maximum absolute atomic E-state index is 12.1. The monoisotopic (exact) mass is 389 g/mol. The largest absolute Gasteiger partial charge is 0.439 e. The number of carbonyl (C=O) groups is 2. The molecule has 1 saturated heterocycles. The first-order valence-corrected chi connectivity index (χ1v) is 9.33. The van der Waals surface area contributed by atoms with Crippen LogP contribution in [-0.2, 0) is 11.3 Å². The smallest absolute Gasteiger partial charge is 0.317 e. The summed E-state index contributed by atoms with van der Waals surface area (Å²) in [6.45, 7) is 4.40. The van der Waals surface area contributed by atoms with Crippen molar-refractivity contribution in [2.24, 2.45) is 0 Å². The lowest BCUT2D eigenvalue weighted by atomic mass is 10.2. The summed E-state index contributed by atoms with van der Waals surface area (Å²) in [6.07, 6.45) is 0. The quantitative estimate of drug-likeness (QED) is 0.742. The highest BCUT2D eigenvalue weighted by atomic mass is 16.5. The zero-order chi connectivity index (χ0) is 20.1. The zero-order valence-corrected chi connectivity index (χ0v) is 16.6. The normalized spacial score (nSPS) is 15.0. The van der Waals surface area contributed by atoms with Gasteiger partial charge in [-0.3, -0.25) is 9.69 Å². The highest BCUT2D eigenvalue weighted by Gasteiger charge is 2.22. The topological polar surface area (TPSA) is 91.2 Å². The van der Waals surface area contributed by atoms with Crippen LogP contribution in [0.5, 0.6) is 0 Å². The maximum atomic E-state index is 12.1. The van der Waals surface area contributed by atoms with E-state index in [4.69, 9.17) is 9.15 Å². The molecule has 0 radical (unpaired) electrons. The molecule has 1 N–H and O–H groups in total. The van der Waals surface area contributed by atoms with Gasteiger partial charge in [-0.05, 0) is 18.2 Å². The fourth-order valence-corrected chi connectivity index (χ4v) is 3.11. The van der Waals surface area contributed by atoms with Gasteiger partial charge in [0.25, 0.3) is 5.91 Å². The highest BCUT2D eigenvalue weighted by Crippen LogP contribution is 2.19. The Hall–Kier alpha value is -2.65. The number of ether oxygens (including phenoxy) is 1. The number of nitrogens with one attached hydrogen (secondary N) is 1. The number of urea groups is 1. The van der Waals surface area contributed by atoms with E-state index in [1.807, 2.05) is 0 Å². The molecule has 1 fully saturated rings. The molecule has 9 nitrogen and oxygen atoms in total. The Balaban J connectivity index is 1.55. The van der Waals surface area contributed by atoms with E-state index in [1.165, 1.54) is 4.90 Å². The van der Waals surface area contributed by atoms with E-state index in [-0.39, 0.29) is 11.9 Å². The number of hydrogen-bond donors (Lipinski definition) is 1. The molecule has 1 aromatic heterocycles. The van der Waals surface area contributed by atoms with E-state index in [9.17, 15) is 9.59 Å². The summed E-state index contributed by atoms with van der Waals surface area (Å²) in [4.78, 5) is 34.2. The second-order valence-electron chi connectivity index (χ2n) is 6.98. The molecular weight excluding hydrogens is 362 g/mol. The average Bonchev–Trinajstić information content (AvgIpc) is 3.09. The number of aromatic nitrogens is 1. The number of methoxy groups -OCH3 is 1. The Bertz CT molecular complexity index is 827. The summed E-state index contributed by atoms with van der Waals surface area (Å²) in [7, 11) is 5.05. The third kappa shape index (κ3) is 4.79. The van der Waals surface area contributed by atoms with Gasteiger partial charge in [0.2, 0.25) is 5.89 Å². The molecule has 152 valence electrons. The van der Waals surface area contributed by atoms with Crippen LogP contribution in [0, 0.1) is 0 Å². The van der Waals surface area contributed by atoms with E-state index >= 15 is 0 Å². The first kappa shape index (κ1) is 20.1. The molecule has 0 saturated carbocycles. The van der Waals surface area contributed by atoms with Crippen LogP contribution in [0.15, 0.2) is 22.6 Å². The minimum Gasteiger partial charge on any atom is -0.439 e. The molecule has 1 aromatic carbocycles. The van der Waals surface area contributed by atoms with E-state index in [0.29, 0.717) is 55.3 Å². The number of oxazole rings is 1. The summed E-state index contributed by atoms with van der Waals surface area (Å²) >= 11 is 0. The molecule has 3 amide bonds. The van der Waals surface area contributed by atoms with Gasteiger partial charge in [0.1, 0.15) is 5.52 Å². The molecular formula is C19H27N5O4. The average molecular weight is 389 g/mol. The van der Waals surface area contributed by atoms with Gasteiger partial charge in [-0.1, -0.05) is 0 Å². The van der Waals surface area contributed by atoms with Crippen LogP contribution in [0.1, 0.15) is 16.2 Å². The Labute approximate surface area is 164 Å². The van der Waals surface area contributed by atoms with Gasteiger partial charge < -0.3 is 24.3 Å². The van der Waals surface area contributed by atoms with Gasteiger partial charge in [-0.25, -0.2) is 9.78 Å². The summed E-state index contributed by atoms with van der Waals surface area (Å²) < 4.78 is 10.8. The molecule has 1 aliphatic heterocycles. The van der Waals surface area contributed by atoms with Crippen molar-refractivity contribution in [3.8, 4) is 0 Å². The highest BCUT2D eigenvalue weighted by molar-refractivity contribution is 5.96. The van der Waals surface area contributed by atoms with Gasteiger partial charge in [0.15, 0.2) is 5.58 Å². The van der Waals surface area contributed by atoms with Crippen molar-refractivity contribution in [2.45, 2.75) is 6.54 Å². The Morgan fingerprint density at radius 2 is 2.00 bits per heavy atom. The maximum Gasteiger partial charge on any atom is 0.317 e. The van der Waals surface area contributed by atoms with E-state index in [0.717, 1.165) is 13.1 Å².